The van der Waals surface area contributed by atoms with E-state index in [0.717, 1.165) is 11.4 Å². The first-order valence-corrected chi connectivity index (χ1v) is 5.83. The van der Waals surface area contributed by atoms with Gasteiger partial charge in [-0.05, 0) is 30.9 Å². The fourth-order valence-electron chi connectivity index (χ4n) is 1.53. The molecule has 0 bridgehead atoms. The van der Waals surface area contributed by atoms with Crippen LogP contribution in [0.4, 0.5) is 5.82 Å². The Morgan fingerprint density at radius 2 is 1.94 bits per heavy atom. The van der Waals surface area contributed by atoms with Crippen molar-refractivity contribution in [2.45, 2.75) is 40.7 Å². The Kier molecular flexibility index (Phi) is 3.79. The lowest BCUT2D eigenvalue weighted by Crippen LogP contribution is -2.40. The molecule has 0 fully saturated rings. The molecular weight excluding hydrogens is 222 g/mol. The van der Waals surface area contributed by atoms with Gasteiger partial charge in [-0.1, -0.05) is 20.8 Å². The molecule has 1 aromatic heterocycles. The van der Waals surface area contributed by atoms with Crippen LogP contribution in [-0.4, -0.2) is 23.1 Å². The van der Waals surface area contributed by atoms with Crippen molar-refractivity contribution in [1.29, 1.82) is 0 Å². The molecule has 0 radical (unpaired) electrons. The fraction of sp³-hybridized carbons (Fsp3) is 0.667. The molecule has 1 atom stereocenters. The van der Waals surface area contributed by atoms with Crippen LogP contribution in [0.25, 0.3) is 0 Å². The largest absolute Gasteiger partial charge is 0.356 e. The van der Waals surface area contributed by atoms with Crippen LogP contribution in [0.2, 0.25) is 5.28 Å². The van der Waals surface area contributed by atoms with Gasteiger partial charge in [-0.25, -0.2) is 9.97 Å². The van der Waals surface area contributed by atoms with Crippen molar-refractivity contribution in [2.75, 3.05) is 11.9 Å². The topological polar surface area (TPSA) is 29.0 Å². The van der Waals surface area contributed by atoms with Gasteiger partial charge in [-0.15, -0.1) is 0 Å². The van der Waals surface area contributed by atoms with Crippen LogP contribution in [0.1, 0.15) is 33.3 Å². The van der Waals surface area contributed by atoms with E-state index in [9.17, 15) is 0 Å². The van der Waals surface area contributed by atoms with Crippen molar-refractivity contribution in [3.63, 3.8) is 0 Å². The fourth-order valence-corrected chi connectivity index (χ4v) is 1.66. The average molecular weight is 242 g/mol. The summed E-state index contributed by atoms with van der Waals surface area (Å²) in [5, 5.41) is 0.300. The Balaban J connectivity index is 3.05. The Hall–Kier alpha value is -0.830. The highest BCUT2D eigenvalue weighted by Crippen LogP contribution is 2.28. The van der Waals surface area contributed by atoms with Gasteiger partial charge < -0.3 is 4.90 Å². The molecule has 0 aromatic carbocycles. The third-order valence-corrected chi connectivity index (χ3v) is 3.27. The number of aryl methyl sites for hydroxylation is 1. The number of aromatic nitrogens is 2. The van der Waals surface area contributed by atoms with Crippen LogP contribution in [0, 0.1) is 12.3 Å². The number of rotatable bonds is 2. The molecule has 0 N–H and O–H groups in total. The highest BCUT2D eigenvalue weighted by atomic mass is 35.5. The lowest BCUT2D eigenvalue weighted by Gasteiger charge is -2.36. The van der Waals surface area contributed by atoms with E-state index in [4.69, 9.17) is 11.6 Å². The first-order valence-electron chi connectivity index (χ1n) is 5.45. The van der Waals surface area contributed by atoms with E-state index < -0.39 is 0 Å². The zero-order valence-corrected chi connectivity index (χ0v) is 11.6. The highest BCUT2D eigenvalue weighted by Gasteiger charge is 2.25. The van der Waals surface area contributed by atoms with Crippen molar-refractivity contribution in [3.8, 4) is 0 Å². The molecule has 0 amide bonds. The van der Waals surface area contributed by atoms with E-state index in [2.05, 4.69) is 42.6 Å². The van der Waals surface area contributed by atoms with Gasteiger partial charge in [-0.2, -0.15) is 0 Å². The number of hydrogen-bond donors (Lipinski definition) is 0. The predicted octanol–water partition coefficient (Wildman–Crippen LogP) is 3.31. The second-order valence-corrected chi connectivity index (χ2v) is 5.64. The number of halogens is 1. The van der Waals surface area contributed by atoms with Gasteiger partial charge in [0, 0.05) is 24.8 Å². The minimum atomic E-state index is 0.193. The zero-order valence-electron chi connectivity index (χ0n) is 10.9. The molecule has 0 aliphatic rings. The van der Waals surface area contributed by atoms with Crippen LogP contribution in [0.15, 0.2) is 6.20 Å². The van der Waals surface area contributed by atoms with Crippen LogP contribution in [0.5, 0.6) is 0 Å². The van der Waals surface area contributed by atoms with Crippen molar-refractivity contribution in [1.82, 2.24) is 9.97 Å². The van der Waals surface area contributed by atoms with E-state index in [1.54, 1.807) is 6.20 Å². The van der Waals surface area contributed by atoms with E-state index in [1.807, 2.05) is 14.0 Å². The summed E-state index contributed by atoms with van der Waals surface area (Å²) in [5.41, 5.74) is 1.24. The first-order chi connectivity index (χ1) is 7.23. The highest BCUT2D eigenvalue weighted by molar-refractivity contribution is 6.28. The Morgan fingerprint density at radius 1 is 1.38 bits per heavy atom. The molecule has 90 valence electrons. The summed E-state index contributed by atoms with van der Waals surface area (Å²) in [5.74, 6) is 0.905. The molecule has 16 heavy (non-hydrogen) atoms. The molecule has 4 heteroatoms. The summed E-state index contributed by atoms with van der Waals surface area (Å²) >= 11 is 5.83. The van der Waals surface area contributed by atoms with Gasteiger partial charge in [0.25, 0.3) is 0 Å². The first kappa shape index (κ1) is 13.2. The van der Waals surface area contributed by atoms with Crippen LogP contribution in [-0.2, 0) is 0 Å². The third-order valence-electron chi connectivity index (χ3n) is 3.08. The lowest BCUT2D eigenvalue weighted by atomic mass is 9.87. The summed E-state index contributed by atoms with van der Waals surface area (Å²) in [6.45, 7) is 10.8. The minimum Gasteiger partial charge on any atom is -0.356 e. The second kappa shape index (κ2) is 4.58. The number of hydrogen-bond acceptors (Lipinski definition) is 3. The summed E-state index contributed by atoms with van der Waals surface area (Å²) in [6, 6.07) is 0.372. The molecule has 1 unspecified atom stereocenters. The Bertz CT molecular complexity index is 371. The monoisotopic (exact) mass is 241 g/mol. The van der Waals surface area contributed by atoms with E-state index in [-0.39, 0.29) is 5.41 Å². The molecular formula is C12H20ClN3. The average Bonchev–Trinajstić information content (AvgIpc) is 2.18. The van der Waals surface area contributed by atoms with E-state index in [0.29, 0.717) is 11.3 Å². The third kappa shape index (κ3) is 2.85. The summed E-state index contributed by atoms with van der Waals surface area (Å²) in [6.07, 6.45) is 1.76. The molecule has 1 aromatic rings. The van der Waals surface area contributed by atoms with Crippen molar-refractivity contribution >= 4 is 17.4 Å². The molecule has 0 aliphatic heterocycles. The maximum absolute atomic E-state index is 5.83. The maximum Gasteiger partial charge on any atom is 0.224 e. The van der Waals surface area contributed by atoms with Crippen molar-refractivity contribution < 1.29 is 0 Å². The normalized spacial score (nSPS) is 13.7. The van der Waals surface area contributed by atoms with Gasteiger partial charge in [0.05, 0.1) is 0 Å². The molecule has 1 rings (SSSR count). The zero-order chi connectivity index (χ0) is 12.5. The van der Waals surface area contributed by atoms with Gasteiger partial charge >= 0.3 is 0 Å². The van der Waals surface area contributed by atoms with Gasteiger partial charge in [0.1, 0.15) is 5.82 Å². The maximum atomic E-state index is 5.83. The number of nitrogens with zero attached hydrogens (tertiary/aromatic N) is 3. The van der Waals surface area contributed by atoms with Crippen LogP contribution < -0.4 is 4.90 Å². The van der Waals surface area contributed by atoms with Gasteiger partial charge in [0.15, 0.2) is 0 Å². The smallest absolute Gasteiger partial charge is 0.224 e. The Morgan fingerprint density at radius 3 is 2.44 bits per heavy atom. The number of anilines is 1. The SMILES string of the molecule is Cc1cnc(Cl)nc1N(C)C(C)C(C)(C)C. The molecule has 0 aliphatic carbocycles. The summed E-state index contributed by atoms with van der Waals surface area (Å²) in [7, 11) is 2.04. The summed E-state index contributed by atoms with van der Waals surface area (Å²) in [4.78, 5) is 10.4. The molecule has 0 saturated heterocycles. The van der Waals surface area contributed by atoms with Gasteiger partial charge in [0.2, 0.25) is 5.28 Å². The predicted molar refractivity (Wildman–Crippen MR) is 69.1 cm³/mol. The van der Waals surface area contributed by atoms with Crippen molar-refractivity contribution in [3.05, 3.63) is 17.0 Å². The summed E-state index contributed by atoms with van der Waals surface area (Å²) < 4.78 is 0. The van der Waals surface area contributed by atoms with Crippen molar-refractivity contribution in [2.24, 2.45) is 5.41 Å². The lowest BCUT2D eigenvalue weighted by molar-refractivity contribution is 0.328. The molecule has 0 saturated carbocycles. The van der Waals surface area contributed by atoms with Crippen LogP contribution >= 0.6 is 11.6 Å². The standard InChI is InChI=1S/C12H20ClN3/c1-8-7-14-11(13)15-10(8)16(6)9(2)12(3,4)5/h7,9H,1-6H3. The van der Waals surface area contributed by atoms with Gasteiger partial charge in [-0.3, -0.25) is 0 Å². The Labute approximate surface area is 103 Å². The van der Waals surface area contributed by atoms with E-state index in [1.165, 1.54) is 0 Å². The molecule has 3 nitrogen and oxygen atoms in total. The van der Waals surface area contributed by atoms with Crippen LogP contribution in [0.3, 0.4) is 0 Å². The second-order valence-electron chi connectivity index (χ2n) is 5.30. The quantitative estimate of drug-likeness (QED) is 0.744. The molecule has 0 spiro atoms. The van der Waals surface area contributed by atoms with E-state index >= 15 is 0 Å². The minimum absolute atomic E-state index is 0.193. The molecule has 1 heterocycles.